The van der Waals surface area contributed by atoms with Gasteiger partial charge in [-0.2, -0.15) is 0 Å². The smallest absolute Gasteiger partial charge is 0.907 e. The van der Waals surface area contributed by atoms with Crippen molar-refractivity contribution >= 4 is 19.3 Å². The van der Waals surface area contributed by atoms with E-state index in [0.717, 1.165) is 0 Å². The molecule has 0 amide bonds. The number of halogens is 2. The summed E-state index contributed by atoms with van der Waals surface area (Å²) in [6.45, 7) is 0. The molecule has 0 atom stereocenters. The Bertz CT molecular complexity index is 137. The van der Waals surface area contributed by atoms with Crippen molar-refractivity contribution in [1.29, 1.82) is 0 Å². The number of rotatable bonds is 0. The van der Waals surface area contributed by atoms with E-state index in [4.69, 9.17) is 15.1 Å². The van der Waals surface area contributed by atoms with Gasteiger partial charge in [0.2, 0.25) is 0 Å². The maximum absolute atomic E-state index is 10.5. The normalized spacial score (nSPS) is 6.85. The van der Waals surface area contributed by atoms with Crippen LogP contribution in [0.25, 0.3) is 0 Å². The Morgan fingerprint density at radius 1 is 1.00 bits per heavy atom. The average molecular weight is 241 g/mol. The Hall–Kier alpha value is -0.736. The van der Waals surface area contributed by atoms with Crippen molar-refractivity contribution in [3.05, 3.63) is 0 Å². The molecule has 0 aliphatic rings. The number of hydrogen-bond donors (Lipinski definition) is 0. The van der Waals surface area contributed by atoms with E-state index in [-0.39, 0.29) is 17.1 Å². The van der Waals surface area contributed by atoms with Gasteiger partial charge in [-0.05, 0) is 0 Å². The van der Waals surface area contributed by atoms with E-state index in [2.05, 4.69) is 9.88 Å². The summed E-state index contributed by atoms with van der Waals surface area (Å²) in [5, 5.41) is 25.2. The first kappa shape index (κ1) is 18.1. The number of carbonyl (C=O) groups is 2. The Morgan fingerprint density at radius 3 is 1.23 bits per heavy atom. The second kappa shape index (κ2) is 11.3. The van der Waals surface area contributed by atoms with Crippen molar-refractivity contribution in [2.45, 2.75) is 0 Å². The molecule has 0 aromatic carbocycles. The molecule has 0 aromatic heterocycles. The standard InChI is InChI=1S/C2F2O4.BO3.Fe/c3-7-1(5)2(6)8-4;2-1(3)4;/q;-3;+3. The first-order valence-corrected chi connectivity index (χ1v) is 2.08. The van der Waals surface area contributed by atoms with Gasteiger partial charge in [-0.15, -0.1) is 0 Å². The molecule has 0 rings (SSSR count). The van der Waals surface area contributed by atoms with Crippen LogP contribution in [-0.2, 0) is 36.5 Å². The monoisotopic (exact) mass is 241 g/mol. The van der Waals surface area contributed by atoms with Crippen LogP contribution in [0.4, 0.5) is 9.05 Å². The largest absolute Gasteiger partial charge is 3.00 e. The zero-order valence-corrected chi connectivity index (χ0v) is 6.65. The van der Waals surface area contributed by atoms with E-state index in [1.54, 1.807) is 0 Å². The SMILES string of the molecule is O=C(OF)C(=O)OF.[Fe+3].[O-]B([O-])[O-]. The van der Waals surface area contributed by atoms with Crippen LogP contribution in [0.15, 0.2) is 0 Å². The number of carbonyl (C=O) groups excluding carboxylic acids is 2. The van der Waals surface area contributed by atoms with Gasteiger partial charge in [0.1, 0.15) is 0 Å². The summed E-state index contributed by atoms with van der Waals surface area (Å²) >= 11 is 0. The van der Waals surface area contributed by atoms with Gasteiger partial charge in [-0.1, -0.05) is 0 Å². The Labute approximate surface area is 80.7 Å². The average Bonchev–Trinajstić information content (AvgIpc) is 2.00. The molecule has 0 aliphatic heterocycles. The Morgan fingerprint density at radius 2 is 1.15 bits per heavy atom. The quantitative estimate of drug-likeness (QED) is 0.311. The van der Waals surface area contributed by atoms with Gasteiger partial charge < -0.3 is 15.1 Å². The molecule has 0 heterocycles. The van der Waals surface area contributed by atoms with E-state index in [0.29, 0.717) is 0 Å². The third-order valence-corrected chi connectivity index (χ3v) is 0.307. The van der Waals surface area contributed by atoms with Crippen molar-refractivity contribution in [2.75, 3.05) is 0 Å². The van der Waals surface area contributed by atoms with Crippen LogP contribution in [0.3, 0.4) is 0 Å². The molecule has 0 fully saturated rings. The van der Waals surface area contributed by atoms with Gasteiger partial charge in [-0.3, -0.25) is 7.32 Å². The predicted molar refractivity (Wildman–Crippen MR) is 20.2 cm³/mol. The van der Waals surface area contributed by atoms with Crippen LogP contribution in [-0.4, -0.2) is 19.3 Å². The molecular formula is C2BF2FeO7. The molecule has 11 heteroatoms. The topological polar surface area (TPSA) is 122 Å². The zero-order chi connectivity index (χ0) is 10.1. The van der Waals surface area contributed by atoms with Crippen LogP contribution in [0.1, 0.15) is 0 Å². The second-order valence-electron chi connectivity index (χ2n) is 1.02. The van der Waals surface area contributed by atoms with Crippen molar-refractivity contribution in [1.82, 2.24) is 0 Å². The molecule has 0 saturated carbocycles. The van der Waals surface area contributed by atoms with Crippen LogP contribution in [0.2, 0.25) is 0 Å². The van der Waals surface area contributed by atoms with Crippen molar-refractivity contribution in [3.8, 4) is 0 Å². The summed E-state index contributed by atoms with van der Waals surface area (Å²) in [6, 6.07) is 0. The first-order chi connectivity index (χ1) is 5.45. The second-order valence-corrected chi connectivity index (χ2v) is 1.02. The maximum atomic E-state index is 10.5. The summed E-state index contributed by atoms with van der Waals surface area (Å²) in [5.41, 5.74) is 0. The van der Waals surface area contributed by atoms with Crippen LogP contribution >= 0.6 is 0 Å². The van der Waals surface area contributed by atoms with E-state index in [1.165, 1.54) is 0 Å². The molecule has 7 nitrogen and oxygen atoms in total. The maximum Gasteiger partial charge on any atom is 3.00 e. The summed E-state index contributed by atoms with van der Waals surface area (Å²) in [6.07, 6.45) is 0. The predicted octanol–water partition coefficient (Wildman–Crippen LogP) is -4.11. The fraction of sp³-hybridized carbons (Fsp3) is 0. The number of hydrogen-bond acceptors (Lipinski definition) is 7. The van der Waals surface area contributed by atoms with Gasteiger partial charge in [-0.25, -0.2) is 19.5 Å². The van der Waals surface area contributed by atoms with Gasteiger partial charge >= 0.3 is 29.0 Å². The zero-order valence-electron chi connectivity index (χ0n) is 5.54. The molecule has 1 radical (unpaired) electrons. The third-order valence-electron chi connectivity index (χ3n) is 0.307. The minimum atomic E-state index is -2.92. The van der Waals surface area contributed by atoms with Gasteiger partial charge in [0, 0.05) is 9.05 Å². The van der Waals surface area contributed by atoms with Gasteiger partial charge in [0.05, 0.1) is 0 Å². The molecular weight excluding hydrogens is 241 g/mol. The van der Waals surface area contributed by atoms with Crippen LogP contribution in [0.5, 0.6) is 0 Å². The van der Waals surface area contributed by atoms with Crippen molar-refractivity contribution in [2.24, 2.45) is 0 Å². The minimum absolute atomic E-state index is 0. The Balaban J connectivity index is -0.000000173. The molecule has 13 heavy (non-hydrogen) atoms. The molecule has 0 aromatic rings. The van der Waals surface area contributed by atoms with Crippen molar-refractivity contribution < 1.29 is 60.7 Å². The molecule has 75 valence electrons. The molecule has 0 N–H and O–H groups in total. The first-order valence-electron chi connectivity index (χ1n) is 2.08. The minimum Gasteiger partial charge on any atom is -0.907 e. The Kier molecular flexibility index (Phi) is 15.7. The van der Waals surface area contributed by atoms with Gasteiger partial charge in [0.25, 0.3) is 0 Å². The van der Waals surface area contributed by atoms with Crippen LogP contribution in [0, 0.1) is 0 Å². The fourth-order valence-electron chi connectivity index (χ4n) is 0.0630. The molecule has 0 bridgehead atoms. The summed E-state index contributed by atoms with van der Waals surface area (Å²) in [4.78, 5) is 23.4. The van der Waals surface area contributed by atoms with E-state index >= 15 is 0 Å². The van der Waals surface area contributed by atoms with Gasteiger partial charge in [0.15, 0.2) is 0 Å². The van der Waals surface area contributed by atoms with E-state index in [9.17, 15) is 18.6 Å². The van der Waals surface area contributed by atoms with E-state index < -0.39 is 19.3 Å². The van der Waals surface area contributed by atoms with Crippen LogP contribution < -0.4 is 15.1 Å². The van der Waals surface area contributed by atoms with Crippen molar-refractivity contribution in [3.63, 3.8) is 0 Å². The molecule has 0 unspecified atom stereocenters. The summed E-state index contributed by atoms with van der Waals surface area (Å²) in [7, 11) is -2.92. The molecule has 0 saturated heterocycles. The summed E-state index contributed by atoms with van der Waals surface area (Å²) in [5.74, 6) is -4.04. The molecule has 0 spiro atoms. The van der Waals surface area contributed by atoms with E-state index in [1.807, 2.05) is 0 Å². The summed E-state index contributed by atoms with van der Waals surface area (Å²) < 4.78 is 21.0. The fourth-order valence-corrected chi connectivity index (χ4v) is 0.0630. The third kappa shape index (κ3) is 18.3. The molecule has 0 aliphatic carbocycles.